The zero-order valence-electron chi connectivity index (χ0n) is 16.4. The highest BCUT2D eigenvalue weighted by atomic mass is 32.2. The SMILES string of the molecule is COc1ccc(Cc2nnc(SCC(=O)N3c4ccccc4CC3C)n2N)cc1. The molecule has 1 atom stereocenters. The number of ether oxygens (including phenoxy) is 1. The van der Waals surface area contributed by atoms with Gasteiger partial charge in [0.1, 0.15) is 5.75 Å². The zero-order valence-corrected chi connectivity index (χ0v) is 17.2. The van der Waals surface area contributed by atoms with E-state index in [1.54, 1.807) is 7.11 Å². The largest absolute Gasteiger partial charge is 0.497 e. The van der Waals surface area contributed by atoms with Gasteiger partial charge < -0.3 is 15.5 Å². The van der Waals surface area contributed by atoms with Crippen LogP contribution in [0.1, 0.15) is 23.9 Å². The molecule has 29 heavy (non-hydrogen) atoms. The van der Waals surface area contributed by atoms with Gasteiger partial charge >= 0.3 is 0 Å². The summed E-state index contributed by atoms with van der Waals surface area (Å²) in [4.78, 5) is 14.7. The fraction of sp³-hybridized carbons (Fsp3) is 0.286. The number of hydrogen-bond acceptors (Lipinski definition) is 6. The Balaban J connectivity index is 1.41. The molecule has 2 aromatic carbocycles. The number of anilines is 1. The molecule has 4 rings (SSSR count). The monoisotopic (exact) mass is 409 g/mol. The lowest BCUT2D eigenvalue weighted by Crippen LogP contribution is -2.37. The van der Waals surface area contributed by atoms with Gasteiger partial charge in [0.2, 0.25) is 11.1 Å². The molecule has 2 heterocycles. The highest BCUT2D eigenvalue weighted by Crippen LogP contribution is 2.32. The van der Waals surface area contributed by atoms with Crippen molar-refractivity contribution < 1.29 is 9.53 Å². The first-order valence-corrected chi connectivity index (χ1v) is 10.4. The number of nitrogens with two attached hydrogens (primary N) is 1. The minimum Gasteiger partial charge on any atom is -0.497 e. The molecule has 1 unspecified atom stereocenters. The Hall–Kier alpha value is -3.00. The second kappa shape index (κ2) is 8.16. The van der Waals surface area contributed by atoms with Gasteiger partial charge in [-0.05, 0) is 42.7 Å². The van der Waals surface area contributed by atoms with Gasteiger partial charge in [-0.15, -0.1) is 10.2 Å². The van der Waals surface area contributed by atoms with Crippen LogP contribution in [0, 0.1) is 0 Å². The van der Waals surface area contributed by atoms with Crippen molar-refractivity contribution in [2.75, 3.05) is 23.6 Å². The quantitative estimate of drug-likeness (QED) is 0.498. The molecule has 2 N–H and O–H groups in total. The summed E-state index contributed by atoms with van der Waals surface area (Å²) in [5.41, 5.74) is 3.27. The van der Waals surface area contributed by atoms with E-state index in [1.165, 1.54) is 22.0 Å². The van der Waals surface area contributed by atoms with Crippen LogP contribution in [0.3, 0.4) is 0 Å². The van der Waals surface area contributed by atoms with Crippen LogP contribution in [0.25, 0.3) is 0 Å². The van der Waals surface area contributed by atoms with Crippen molar-refractivity contribution in [2.24, 2.45) is 0 Å². The molecule has 1 aliphatic heterocycles. The van der Waals surface area contributed by atoms with Crippen LogP contribution in [0.5, 0.6) is 5.75 Å². The molecule has 7 nitrogen and oxygen atoms in total. The van der Waals surface area contributed by atoms with E-state index in [4.69, 9.17) is 10.6 Å². The van der Waals surface area contributed by atoms with E-state index in [-0.39, 0.29) is 17.7 Å². The van der Waals surface area contributed by atoms with Crippen LogP contribution in [0.4, 0.5) is 5.69 Å². The Labute approximate surface area is 173 Å². The molecular weight excluding hydrogens is 386 g/mol. The number of carbonyl (C=O) groups is 1. The number of methoxy groups -OCH3 is 1. The van der Waals surface area contributed by atoms with Gasteiger partial charge in [0, 0.05) is 18.2 Å². The topological polar surface area (TPSA) is 86.3 Å². The van der Waals surface area contributed by atoms with Crippen LogP contribution in [0.15, 0.2) is 53.7 Å². The summed E-state index contributed by atoms with van der Waals surface area (Å²) in [5.74, 6) is 7.93. The second-order valence-electron chi connectivity index (χ2n) is 7.03. The lowest BCUT2D eigenvalue weighted by Gasteiger charge is -2.22. The van der Waals surface area contributed by atoms with Gasteiger partial charge in [-0.2, -0.15) is 0 Å². The first-order chi connectivity index (χ1) is 14.1. The molecule has 0 saturated carbocycles. The number of benzene rings is 2. The molecular formula is C21H23N5O2S. The number of aromatic nitrogens is 3. The van der Waals surface area contributed by atoms with E-state index in [2.05, 4.69) is 23.2 Å². The van der Waals surface area contributed by atoms with E-state index >= 15 is 0 Å². The van der Waals surface area contributed by atoms with Crippen LogP contribution in [-0.4, -0.2) is 39.7 Å². The number of carbonyl (C=O) groups excluding carboxylic acids is 1. The van der Waals surface area contributed by atoms with E-state index in [1.807, 2.05) is 47.4 Å². The molecule has 0 radical (unpaired) electrons. The van der Waals surface area contributed by atoms with Crippen LogP contribution in [0.2, 0.25) is 0 Å². The molecule has 0 saturated heterocycles. The number of nitrogen functional groups attached to an aromatic ring is 1. The number of hydrogen-bond donors (Lipinski definition) is 1. The molecule has 1 amide bonds. The van der Waals surface area contributed by atoms with Crippen molar-refractivity contribution in [3.8, 4) is 5.75 Å². The van der Waals surface area contributed by atoms with Crippen molar-refractivity contribution in [3.63, 3.8) is 0 Å². The third-order valence-electron chi connectivity index (χ3n) is 5.06. The predicted molar refractivity (Wildman–Crippen MR) is 114 cm³/mol. The fourth-order valence-corrected chi connectivity index (χ4v) is 4.33. The Bertz CT molecular complexity index is 1020. The minimum absolute atomic E-state index is 0.0483. The molecule has 1 aromatic heterocycles. The summed E-state index contributed by atoms with van der Waals surface area (Å²) < 4.78 is 6.64. The summed E-state index contributed by atoms with van der Waals surface area (Å²) in [5, 5.41) is 8.88. The fourth-order valence-electron chi connectivity index (χ4n) is 3.59. The average molecular weight is 410 g/mol. The summed E-state index contributed by atoms with van der Waals surface area (Å²) in [6.07, 6.45) is 1.43. The third kappa shape index (κ3) is 3.93. The average Bonchev–Trinajstić information content (AvgIpc) is 3.25. The van der Waals surface area contributed by atoms with Crippen molar-refractivity contribution in [3.05, 3.63) is 65.5 Å². The molecule has 8 heteroatoms. The van der Waals surface area contributed by atoms with Gasteiger partial charge in [0.15, 0.2) is 5.82 Å². The van der Waals surface area contributed by atoms with E-state index in [0.29, 0.717) is 17.4 Å². The van der Waals surface area contributed by atoms with Gasteiger partial charge in [-0.25, -0.2) is 4.68 Å². The van der Waals surface area contributed by atoms with Gasteiger partial charge in [-0.3, -0.25) is 4.79 Å². The number of nitrogens with zero attached hydrogens (tertiary/aromatic N) is 4. The van der Waals surface area contributed by atoms with Gasteiger partial charge in [0.05, 0.1) is 12.9 Å². The van der Waals surface area contributed by atoms with Gasteiger partial charge in [0.25, 0.3) is 0 Å². The van der Waals surface area contributed by atoms with Crippen molar-refractivity contribution in [2.45, 2.75) is 31.0 Å². The summed E-state index contributed by atoms with van der Waals surface area (Å²) in [6.45, 7) is 2.07. The number of thioether (sulfide) groups is 1. The maximum Gasteiger partial charge on any atom is 0.237 e. The third-order valence-corrected chi connectivity index (χ3v) is 5.98. The molecule has 3 aromatic rings. The lowest BCUT2D eigenvalue weighted by atomic mass is 10.1. The van der Waals surface area contributed by atoms with Crippen molar-refractivity contribution in [1.29, 1.82) is 0 Å². The number of amides is 1. The van der Waals surface area contributed by atoms with E-state index in [0.717, 1.165) is 23.4 Å². The molecule has 0 fully saturated rings. The second-order valence-corrected chi connectivity index (χ2v) is 7.97. The Morgan fingerprint density at radius 3 is 2.72 bits per heavy atom. The normalized spacial score (nSPS) is 15.4. The molecule has 0 bridgehead atoms. The number of para-hydroxylation sites is 1. The standard InChI is InChI=1S/C21H23N5O2S/c1-14-11-16-5-3-4-6-18(16)25(14)20(27)13-29-21-24-23-19(26(21)22)12-15-7-9-17(28-2)10-8-15/h3-10,14H,11-13,22H2,1-2H3. The molecule has 1 aliphatic rings. The highest BCUT2D eigenvalue weighted by molar-refractivity contribution is 7.99. The minimum atomic E-state index is 0.0483. The molecule has 0 spiro atoms. The van der Waals surface area contributed by atoms with Crippen LogP contribution >= 0.6 is 11.8 Å². The Morgan fingerprint density at radius 2 is 1.97 bits per heavy atom. The first kappa shape index (κ1) is 19.3. The maximum atomic E-state index is 12.9. The molecule has 150 valence electrons. The van der Waals surface area contributed by atoms with E-state index in [9.17, 15) is 4.79 Å². The molecule has 0 aliphatic carbocycles. The van der Waals surface area contributed by atoms with Crippen LogP contribution < -0.4 is 15.5 Å². The maximum absolute atomic E-state index is 12.9. The van der Waals surface area contributed by atoms with E-state index < -0.39 is 0 Å². The smallest absolute Gasteiger partial charge is 0.237 e. The van der Waals surface area contributed by atoms with Crippen molar-refractivity contribution in [1.82, 2.24) is 14.9 Å². The van der Waals surface area contributed by atoms with Gasteiger partial charge in [-0.1, -0.05) is 42.1 Å². The Kier molecular flexibility index (Phi) is 5.44. The summed E-state index contributed by atoms with van der Waals surface area (Å²) >= 11 is 1.31. The lowest BCUT2D eigenvalue weighted by molar-refractivity contribution is -0.116. The summed E-state index contributed by atoms with van der Waals surface area (Å²) in [7, 11) is 1.64. The number of rotatable bonds is 6. The Morgan fingerprint density at radius 1 is 1.21 bits per heavy atom. The van der Waals surface area contributed by atoms with Crippen LogP contribution in [-0.2, 0) is 17.6 Å². The predicted octanol–water partition coefficient (Wildman–Crippen LogP) is 2.66. The van der Waals surface area contributed by atoms with Crippen molar-refractivity contribution >= 4 is 23.4 Å². The highest BCUT2D eigenvalue weighted by Gasteiger charge is 2.30. The summed E-state index contributed by atoms with van der Waals surface area (Å²) in [6, 6.07) is 15.9. The number of fused-ring (bicyclic) bond motifs is 1. The first-order valence-electron chi connectivity index (χ1n) is 9.42. The zero-order chi connectivity index (χ0) is 20.4.